The van der Waals surface area contributed by atoms with E-state index in [1.54, 1.807) is 0 Å². The summed E-state index contributed by atoms with van der Waals surface area (Å²) in [5, 5.41) is 13.5. The normalized spacial score (nSPS) is 10.6. The molecule has 0 saturated heterocycles. The molecule has 1 aromatic heterocycles. The fourth-order valence-electron chi connectivity index (χ4n) is 2.00. The Hall–Kier alpha value is -2.39. The van der Waals surface area contributed by atoms with E-state index in [-0.39, 0.29) is 6.61 Å². The lowest BCUT2D eigenvalue weighted by atomic mass is 10.1. The third-order valence-corrected chi connectivity index (χ3v) is 2.99. The van der Waals surface area contributed by atoms with Crippen LogP contribution in [0.15, 0.2) is 60.7 Å². The molecular formula is C16H14N2O. The number of nitrogens with zero attached hydrogens (tertiary/aromatic N) is 1. The maximum absolute atomic E-state index is 9.16. The highest BCUT2D eigenvalue weighted by atomic mass is 16.3. The van der Waals surface area contributed by atoms with E-state index in [9.17, 15) is 0 Å². The van der Waals surface area contributed by atoms with Crippen molar-refractivity contribution in [3.63, 3.8) is 0 Å². The zero-order valence-electron chi connectivity index (χ0n) is 10.4. The molecule has 0 aliphatic carbocycles. The number of rotatable bonds is 3. The first-order valence-electron chi connectivity index (χ1n) is 6.18. The number of hydrogen-bond donors (Lipinski definition) is 2. The van der Waals surface area contributed by atoms with E-state index in [2.05, 4.69) is 10.3 Å². The molecule has 0 spiro atoms. The predicted octanol–water partition coefficient (Wildman–Crippen LogP) is 3.47. The van der Waals surface area contributed by atoms with Gasteiger partial charge in [-0.2, -0.15) is 0 Å². The zero-order chi connectivity index (χ0) is 13.1. The van der Waals surface area contributed by atoms with Crippen molar-refractivity contribution in [1.82, 2.24) is 4.98 Å². The molecule has 0 unspecified atom stereocenters. The highest BCUT2D eigenvalue weighted by Gasteiger charge is 2.00. The molecule has 3 heteroatoms. The van der Waals surface area contributed by atoms with E-state index in [4.69, 9.17) is 5.11 Å². The molecule has 0 bridgehead atoms. The smallest absolute Gasteiger partial charge is 0.131 e. The molecule has 0 saturated carbocycles. The summed E-state index contributed by atoms with van der Waals surface area (Å²) in [7, 11) is 0. The Morgan fingerprint density at radius 1 is 0.947 bits per heavy atom. The minimum Gasteiger partial charge on any atom is -0.392 e. The van der Waals surface area contributed by atoms with E-state index in [1.165, 1.54) is 0 Å². The molecule has 0 amide bonds. The lowest BCUT2D eigenvalue weighted by molar-refractivity contribution is 0.282. The second-order valence-corrected chi connectivity index (χ2v) is 4.37. The van der Waals surface area contributed by atoms with Crippen LogP contribution in [-0.2, 0) is 6.61 Å². The van der Waals surface area contributed by atoms with Gasteiger partial charge in [0.2, 0.25) is 0 Å². The molecule has 2 N–H and O–H groups in total. The van der Waals surface area contributed by atoms with Gasteiger partial charge in [0.25, 0.3) is 0 Å². The molecule has 3 rings (SSSR count). The van der Waals surface area contributed by atoms with Crippen molar-refractivity contribution in [2.24, 2.45) is 0 Å². The second-order valence-electron chi connectivity index (χ2n) is 4.37. The van der Waals surface area contributed by atoms with Crippen LogP contribution < -0.4 is 5.32 Å². The molecule has 0 atom stereocenters. The summed E-state index contributed by atoms with van der Waals surface area (Å²) in [6, 6.07) is 19.7. The summed E-state index contributed by atoms with van der Waals surface area (Å²) in [6.07, 6.45) is 0. The number of nitrogens with one attached hydrogen (secondary N) is 1. The van der Waals surface area contributed by atoms with Crippen molar-refractivity contribution in [1.29, 1.82) is 0 Å². The molecule has 19 heavy (non-hydrogen) atoms. The molecule has 3 aromatic rings. The molecule has 1 heterocycles. The monoisotopic (exact) mass is 250 g/mol. The van der Waals surface area contributed by atoms with Gasteiger partial charge in [0.05, 0.1) is 12.1 Å². The van der Waals surface area contributed by atoms with Crippen molar-refractivity contribution >= 4 is 22.4 Å². The van der Waals surface area contributed by atoms with Crippen LogP contribution in [0, 0.1) is 0 Å². The van der Waals surface area contributed by atoms with E-state index >= 15 is 0 Å². The molecule has 0 aliphatic rings. The maximum atomic E-state index is 9.16. The number of para-hydroxylation sites is 1. The molecule has 0 fully saturated rings. The quantitative estimate of drug-likeness (QED) is 0.748. The van der Waals surface area contributed by atoms with Gasteiger partial charge in [-0.1, -0.05) is 30.3 Å². The van der Waals surface area contributed by atoms with Crippen LogP contribution in [0.25, 0.3) is 10.9 Å². The van der Waals surface area contributed by atoms with Crippen LogP contribution in [-0.4, -0.2) is 10.1 Å². The van der Waals surface area contributed by atoms with Crippen LogP contribution in [0.2, 0.25) is 0 Å². The number of benzene rings is 2. The average molecular weight is 250 g/mol. The van der Waals surface area contributed by atoms with E-state index in [0.717, 1.165) is 28.0 Å². The van der Waals surface area contributed by atoms with Gasteiger partial charge in [-0.3, -0.25) is 0 Å². The Morgan fingerprint density at radius 3 is 2.53 bits per heavy atom. The van der Waals surface area contributed by atoms with Crippen molar-refractivity contribution in [2.45, 2.75) is 6.61 Å². The minimum absolute atomic E-state index is 0.0357. The molecule has 2 aromatic carbocycles. The van der Waals surface area contributed by atoms with E-state index in [0.29, 0.717) is 0 Å². The van der Waals surface area contributed by atoms with E-state index in [1.807, 2.05) is 60.7 Å². The number of anilines is 2. The first kappa shape index (κ1) is 11.7. The molecule has 0 radical (unpaired) electrons. The fourth-order valence-corrected chi connectivity index (χ4v) is 2.00. The van der Waals surface area contributed by atoms with Crippen molar-refractivity contribution < 1.29 is 5.11 Å². The van der Waals surface area contributed by atoms with Crippen LogP contribution in [0.4, 0.5) is 11.5 Å². The summed E-state index contributed by atoms with van der Waals surface area (Å²) in [5.41, 5.74) is 2.76. The molecule has 3 nitrogen and oxygen atoms in total. The second kappa shape index (κ2) is 5.08. The van der Waals surface area contributed by atoms with Gasteiger partial charge in [0.15, 0.2) is 0 Å². The Morgan fingerprint density at radius 2 is 1.74 bits per heavy atom. The predicted molar refractivity (Wildman–Crippen MR) is 77.4 cm³/mol. The van der Waals surface area contributed by atoms with Gasteiger partial charge in [-0.25, -0.2) is 4.98 Å². The van der Waals surface area contributed by atoms with Crippen LogP contribution in [0.1, 0.15) is 5.56 Å². The Kier molecular flexibility index (Phi) is 3.12. The van der Waals surface area contributed by atoms with Crippen molar-refractivity contribution in [3.05, 3.63) is 66.2 Å². The zero-order valence-corrected chi connectivity index (χ0v) is 10.4. The lowest BCUT2D eigenvalue weighted by Gasteiger charge is -2.07. The Labute approximate surface area is 111 Å². The number of aliphatic hydroxyl groups excluding tert-OH is 1. The van der Waals surface area contributed by atoms with Crippen LogP contribution >= 0.6 is 0 Å². The maximum Gasteiger partial charge on any atom is 0.131 e. The molecule has 0 aliphatic heterocycles. The fraction of sp³-hybridized carbons (Fsp3) is 0.0625. The first-order chi connectivity index (χ1) is 9.35. The van der Waals surface area contributed by atoms with Crippen LogP contribution in [0.3, 0.4) is 0 Å². The number of aromatic nitrogens is 1. The largest absolute Gasteiger partial charge is 0.392 e. The van der Waals surface area contributed by atoms with Gasteiger partial charge in [0.1, 0.15) is 5.82 Å². The lowest BCUT2D eigenvalue weighted by Crippen LogP contribution is -1.94. The highest BCUT2D eigenvalue weighted by Crippen LogP contribution is 2.19. The third kappa shape index (κ3) is 2.56. The number of fused-ring (bicyclic) bond motifs is 1. The highest BCUT2D eigenvalue weighted by molar-refractivity contribution is 5.81. The van der Waals surface area contributed by atoms with Crippen molar-refractivity contribution in [2.75, 3.05) is 5.32 Å². The van der Waals surface area contributed by atoms with Crippen molar-refractivity contribution in [3.8, 4) is 0 Å². The summed E-state index contributed by atoms with van der Waals surface area (Å²) < 4.78 is 0. The third-order valence-electron chi connectivity index (χ3n) is 2.99. The minimum atomic E-state index is 0.0357. The molecular weight excluding hydrogens is 236 g/mol. The van der Waals surface area contributed by atoms with E-state index < -0.39 is 0 Å². The first-order valence-corrected chi connectivity index (χ1v) is 6.18. The van der Waals surface area contributed by atoms with Gasteiger partial charge in [0, 0.05) is 11.1 Å². The van der Waals surface area contributed by atoms with Crippen LogP contribution in [0.5, 0.6) is 0 Å². The summed E-state index contributed by atoms with van der Waals surface area (Å²) in [4.78, 5) is 4.56. The SMILES string of the molecule is OCc1ccc2ccc(Nc3ccccc3)nc2c1. The summed E-state index contributed by atoms with van der Waals surface area (Å²) >= 11 is 0. The Balaban J connectivity index is 1.96. The number of pyridine rings is 1. The number of aliphatic hydroxyl groups is 1. The van der Waals surface area contributed by atoms with Gasteiger partial charge in [-0.15, -0.1) is 0 Å². The number of hydrogen-bond acceptors (Lipinski definition) is 3. The van der Waals surface area contributed by atoms with Gasteiger partial charge < -0.3 is 10.4 Å². The molecule has 94 valence electrons. The summed E-state index contributed by atoms with van der Waals surface area (Å²) in [6.45, 7) is 0.0357. The van der Waals surface area contributed by atoms with Gasteiger partial charge in [-0.05, 0) is 35.9 Å². The Bertz CT molecular complexity index is 695. The summed E-state index contributed by atoms with van der Waals surface area (Å²) in [5.74, 6) is 0.800. The van der Waals surface area contributed by atoms with Gasteiger partial charge >= 0.3 is 0 Å². The standard InChI is InChI=1S/C16H14N2O/c19-11-12-6-7-13-8-9-16(18-15(13)10-12)17-14-4-2-1-3-5-14/h1-10,19H,11H2,(H,17,18). The topological polar surface area (TPSA) is 45.1 Å². The average Bonchev–Trinajstić information content (AvgIpc) is 2.47.